The van der Waals surface area contributed by atoms with Crippen LogP contribution < -0.4 is 24.5 Å². The Labute approximate surface area is 178 Å². The van der Waals surface area contributed by atoms with Crippen molar-refractivity contribution < 1.29 is 19.0 Å². The van der Waals surface area contributed by atoms with E-state index in [1.807, 2.05) is 12.1 Å². The zero-order valence-electron chi connectivity index (χ0n) is 16.7. The monoisotopic (exact) mass is 461 g/mol. The van der Waals surface area contributed by atoms with Gasteiger partial charge in [-0.25, -0.2) is 5.43 Å². The van der Waals surface area contributed by atoms with Crippen molar-refractivity contribution in [2.24, 2.45) is 5.10 Å². The van der Waals surface area contributed by atoms with Gasteiger partial charge >= 0.3 is 0 Å². The van der Waals surface area contributed by atoms with Gasteiger partial charge < -0.3 is 19.1 Å². The van der Waals surface area contributed by atoms with Gasteiger partial charge in [0.15, 0.2) is 0 Å². The molecule has 154 valence electrons. The van der Waals surface area contributed by atoms with Gasteiger partial charge in [0.2, 0.25) is 0 Å². The Balaban J connectivity index is 1.81. The zero-order chi connectivity index (χ0) is 20.8. The lowest BCUT2D eigenvalue weighted by Crippen LogP contribution is -2.19. The van der Waals surface area contributed by atoms with E-state index < -0.39 is 0 Å². The lowest BCUT2D eigenvalue weighted by Gasteiger charge is -2.22. The molecule has 3 rings (SSSR count). The van der Waals surface area contributed by atoms with E-state index in [4.69, 9.17) is 14.2 Å². The minimum absolute atomic E-state index is 0.376. The molecule has 1 heterocycles. The van der Waals surface area contributed by atoms with Gasteiger partial charge in [0.05, 0.1) is 38.8 Å². The predicted molar refractivity (Wildman–Crippen MR) is 117 cm³/mol. The molecule has 2 aromatic rings. The Morgan fingerprint density at radius 1 is 1.03 bits per heavy atom. The summed E-state index contributed by atoms with van der Waals surface area (Å²) in [4.78, 5) is 14.8. The summed E-state index contributed by atoms with van der Waals surface area (Å²) >= 11 is 3.36. The fourth-order valence-corrected chi connectivity index (χ4v) is 3.65. The molecule has 2 aromatic carbocycles. The van der Waals surface area contributed by atoms with Gasteiger partial charge in [0, 0.05) is 29.2 Å². The highest BCUT2D eigenvalue weighted by molar-refractivity contribution is 9.10. The molecule has 7 nitrogen and oxygen atoms in total. The Morgan fingerprint density at radius 3 is 2.38 bits per heavy atom. The van der Waals surface area contributed by atoms with Crippen LogP contribution in [0.5, 0.6) is 17.2 Å². The lowest BCUT2D eigenvalue weighted by molar-refractivity contribution is 0.0952. The number of rotatable bonds is 7. The number of hydrazone groups is 1. The standard InChI is InChI=1S/C21H24BrN3O4/c1-27-18-7-6-15(22)11-16(18)21(26)24-23-13-14-10-20(29-3)17(12-19(14)28-2)25-8-4-5-9-25/h6-7,10-13H,4-5,8-9H2,1-3H3,(H,24,26)/b23-13-. The number of halogens is 1. The number of carbonyl (C=O) groups excluding carboxylic acids is 1. The summed E-state index contributed by atoms with van der Waals surface area (Å²) in [6.07, 6.45) is 3.87. The van der Waals surface area contributed by atoms with Crippen LogP contribution in [-0.2, 0) is 0 Å². The van der Waals surface area contributed by atoms with Crippen LogP contribution in [0.25, 0.3) is 0 Å². The summed E-state index contributed by atoms with van der Waals surface area (Å²) in [7, 11) is 4.77. The van der Waals surface area contributed by atoms with Gasteiger partial charge in [-0.05, 0) is 37.1 Å². The van der Waals surface area contributed by atoms with Crippen molar-refractivity contribution in [1.82, 2.24) is 5.43 Å². The molecule has 0 aliphatic carbocycles. The molecule has 0 aromatic heterocycles. The number of hydrogen-bond donors (Lipinski definition) is 1. The first-order chi connectivity index (χ1) is 14.1. The smallest absolute Gasteiger partial charge is 0.275 e. The second kappa shape index (κ2) is 9.65. The average molecular weight is 462 g/mol. The first kappa shape index (κ1) is 21.0. The largest absolute Gasteiger partial charge is 0.496 e. The molecule has 0 spiro atoms. The van der Waals surface area contributed by atoms with E-state index in [1.165, 1.54) is 26.2 Å². The zero-order valence-corrected chi connectivity index (χ0v) is 18.3. The lowest BCUT2D eigenvalue weighted by atomic mass is 10.1. The highest BCUT2D eigenvalue weighted by Gasteiger charge is 2.19. The third-order valence-electron chi connectivity index (χ3n) is 4.75. The molecular weight excluding hydrogens is 438 g/mol. The van der Waals surface area contributed by atoms with E-state index in [0.717, 1.165) is 29.0 Å². The van der Waals surface area contributed by atoms with Crippen LogP contribution >= 0.6 is 15.9 Å². The third kappa shape index (κ3) is 4.82. The molecular formula is C21H24BrN3O4. The highest BCUT2D eigenvalue weighted by atomic mass is 79.9. The first-order valence-electron chi connectivity index (χ1n) is 9.25. The number of carbonyl (C=O) groups is 1. The first-order valence-corrected chi connectivity index (χ1v) is 10.0. The van der Waals surface area contributed by atoms with Crippen molar-refractivity contribution in [2.75, 3.05) is 39.3 Å². The van der Waals surface area contributed by atoms with Gasteiger partial charge in [-0.3, -0.25) is 4.79 Å². The normalized spacial score (nSPS) is 13.6. The Kier molecular flexibility index (Phi) is 6.98. The average Bonchev–Trinajstić information content (AvgIpc) is 3.27. The molecule has 8 heteroatoms. The van der Waals surface area contributed by atoms with Crippen molar-refractivity contribution >= 4 is 33.7 Å². The van der Waals surface area contributed by atoms with Crippen LogP contribution in [0.15, 0.2) is 39.9 Å². The Hall–Kier alpha value is -2.74. The maximum atomic E-state index is 12.5. The van der Waals surface area contributed by atoms with Crippen molar-refractivity contribution in [3.63, 3.8) is 0 Å². The molecule has 1 aliphatic heterocycles. The van der Waals surface area contributed by atoms with E-state index in [0.29, 0.717) is 22.6 Å². The van der Waals surface area contributed by atoms with Crippen molar-refractivity contribution in [2.45, 2.75) is 12.8 Å². The number of hydrogen-bond acceptors (Lipinski definition) is 6. The molecule has 1 N–H and O–H groups in total. The number of nitrogens with zero attached hydrogens (tertiary/aromatic N) is 2. The maximum absolute atomic E-state index is 12.5. The predicted octanol–water partition coefficient (Wildman–Crippen LogP) is 3.84. The van der Waals surface area contributed by atoms with Gasteiger partial charge in [-0.1, -0.05) is 15.9 Å². The van der Waals surface area contributed by atoms with Gasteiger partial charge in [0.25, 0.3) is 5.91 Å². The Morgan fingerprint density at radius 2 is 1.72 bits per heavy atom. The van der Waals surface area contributed by atoms with Crippen molar-refractivity contribution in [1.29, 1.82) is 0 Å². The summed E-state index contributed by atoms with van der Waals surface area (Å²) < 4.78 is 17.1. The molecule has 29 heavy (non-hydrogen) atoms. The van der Waals surface area contributed by atoms with Crippen LogP contribution in [0.1, 0.15) is 28.8 Å². The number of benzene rings is 2. The Bertz CT molecular complexity index is 911. The fraction of sp³-hybridized carbons (Fsp3) is 0.333. The van der Waals surface area contributed by atoms with E-state index in [9.17, 15) is 4.79 Å². The quantitative estimate of drug-likeness (QED) is 0.500. The van der Waals surface area contributed by atoms with Gasteiger partial charge in [0.1, 0.15) is 17.2 Å². The maximum Gasteiger partial charge on any atom is 0.275 e. The van der Waals surface area contributed by atoms with E-state index in [2.05, 4.69) is 31.4 Å². The second-order valence-electron chi connectivity index (χ2n) is 6.50. The van der Waals surface area contributed by atoms with Crippen LogP contribution in [0, 0.1) is 0 Å². The third-order valence-corrected chi connectivity index (χ3v) is 5.25. The molecule has 0 saturated carbocycles. The molecule has 0 atom stereocenters. The van der Waals surface area contributed by atoms with Crippen LogP contribution in [0.2, 0.25) is 0 Å². The number of ether oxygens (including phenoxy) is 3. The number of amides is 1. The number of methoxy groups -OCH3 is 3. The number of anilines is 1. The number of nitrogens with one attached hydrogen (secondary N) is 1. The highest BCUT2D eigenvalue weighted by Crippen LogP contribution is 2.36. The van der Waals surface area contributed by atoms with E-state index in [-0.39, 0.29) is 5.91 Å². The summed E-state index contributed by atoms with van der Waals surface area (Å²) in [5.74, 6) is 1.49. The van der Waals surface area contributed by atoms with Crippen LogP contribution in [0.4, 0.5) is 5.69 Å². The van der Waals surface area contributed by atoms with Crippen molar-refractivity contribution in [3.05, 3.63) is 45.9 Å². The topological polar surface area (TPSA) is 72.4 Å². The summed E-state index contributed by atoms with van der Waals surface area (Å²) in [5.41, 5.74) is 4.62. The fourth-order valence-electron chi connectivity index (χ4n) is 3.29. The molecule has 1 fully saturated rings. The summed E-state index contributed by atoms with van der Waals surface area (Å²) in [6, 6.07) is 9.01. The minimum atomic E-state index is -0.376. The molecule has 0 unspecified atom stereocenters. The van der Waals surface area contributed by atoms with Gasteiger partial charge in [-0.15, -0.1) is 0 Å². The minimum Gasteiger partial charge on any atom is -0.496 e. The molecule has 1 aliphatic rings. The molecule has 0 bridgehead atoms. The SMILES string of the molecule is COc1cc(N2CCCC2)c(OC)cc1/C=N\NC(=O)c1cc(Br)ccc1OC. The van der Waals surface area contributed by atoms with E-state index >= 15 is 0 Å². The molecule has 1 saturated heterocycles. The van der Waals surface area contributed by atoms with Crippen LogP contribution in [0.3, 0.4) is 0 Å². The molecule has 0 radical (unpaired) electrons. The summed E-state index contributed by atoms with van der Waals surface area (Å²) in [6.45, 7) is 1.99. The van der Waals surface area contributed by atoms with E-state index in [1.54, 1.807) is 32.4 Å². The second-order valence-corrected chi connectivity index (χ2v) is 7.42. The molecule has 1 amide bonds. The van der Waals surface area contributed by atoms with Crippen LogP contribution in [-0.4, -0.2) is 46.5 Å². The van der Waals surface area contributed by atoms with Crippen molar-refractivity contribution in [3.8, 4) is 17.2 Å². The summed E-state index contributed by atoms with van der Waals surface area (Å²) in [5, 5.41) is 4.09. The van der Waals surface area contributed by atoms with Gasteiger partial charge in [-0.2, -0.15) is 5.10 Å².